The maximum absolute atomic E-state index is 13.0. The van der Waals surface area contributed by atoms with E-state index in [1.807, 2.05) is 30.3 Å². The molecule has 2 aromatic carbocycles. The number of methoxy groups -OCH3 is 1. The number of hydrogen-bond acceptors (Lipinski definition) is 5. The van der Waals surface area contributed by atoms with Crippen molar-refractivity contribution in [3.05, 3.63) is 71.9 Å². The molecule has 3 aromatic rings. The molecule has 1 atom stereocenters. The average Bonchev–Trinajstić information content (AvgIpc) is 3.40. The maximum atomic E-state index is 13.0. The number of anilines is 1. The highest BCUT2D eigenvalue weighted by atomic mass is 16.5. The van der Waals surface area contributed by atoms with E-state index in [2.05, 4.69) is 5.10 Å². The SMILES string of the molecule is COc1cccc(C(=O)N2CC[C@H](C(=O)c3cnn(-c4ccccc4)c3N)C2)c1. The number of para-hydroxylation sites is 1. The number of nitrogens with zero attached hydrogens (tertiary/aromatic N) is 3. The van der Waals surface area contributed by atoms with Crippen LogP contribution in [0.4, 0.5) is 5.82 Å². The number of Topliss-reactive ketones (excluding diaryl/α,β-unsaturated/α-hetero) is 1. The Kier molecular flexibility index (Phi) is 5.03. The number of nitrogens with two attached hydrogens (primary N) is 1. The number of carbonyl (C=O) groups excluding carboxylic acids is 2. The van der Waals surface area contributed by atoms with Gasteiger partial charge in [-0.25, -0.2) is 4.68 Å². The van der Waals surface area contributed by atoms with Gasteiger partial charge in [-0.1, -0.05) is 24.3 Å². The van der Waals surface area contributed by atoms with E-state index in [1.54, 1.807) is 41.0 Å². The molecule has 4 rings (SSSR count). The second kappa shape index (κ2) is 7.79. The Bertz CT molecular complexity index is 1050. The summed E-state index contributed by atoms with van der Waals surface area (Å²) < 4.78 is 6.75. The van der Waals surface area contributed by atoms with Gasteiger partial charge in [0.2, 0.25) is 0 Å². The molecule has 2 N–H and O–H groups in total. The van der Waals surface area contributed by atoms with Crippen LogP contribution in [0, 0.1) is 5.92 Å². The lowest BCUT2D eigenvalue weighted by Gasteiger charge is -2.16. The van der Waals surface area contributed by atoms with Crippen molar-refractivity contribution in [2.45, 2.75) is 6.42 Å². The number of ketones is 1. The second-order valence-corrected chi connectivity index (χ2v) is 7.02. The minimum atomic E-state index is -0.291. The summed E-state index contributed by atoms with van der Waals surface area (Å²) in [6.45, 7) is 0.893. The van der Waals surface area contributed by atoms with E-state index in [9.17, 15) is 9.59 Å². The van der Waals surface area contributed by atoms with Gasteiger partial charge in [-0.15, -0.1) is 0 Å². The van der Waals surface area contributed by atoms with Crippen molar-refractivity contribution >= 4 is 17.5 Å². The first-order chi connectivity index (χ1) is 14.1. The molecule has 0 radical (unpaired) electrons. The fourth-order valence-electron chi connectivity index (χ4n) is 3.64. The number of likely N-dealkylation sites (tertiary alicyclic amines) is 1. The van der Waals surface area contributed by atoms with Gasteiger partial charge in [0, 0.05) is 24.6 Å². The normalized spacial score (nSPS) is 16.0. The third-order valence-corrected chi connectivity index (χ3v) is 5.24. The van der Waals surface area contributed by atoms with Crippen LogP contribution in [0.25, 0.3) is 5.69 Å². The lowest BCUT2D eigenvalue weighted by atomic mass is 9.98. The van der Waals surface area contributed by atoms with Crippen molar-refractivity contribution in [2.75, 3.05) is 25.9 Å². The van der Waals surface area contributed by atoms with E-state index >= 15 is 0 Å². The van der Waals surface area contributed by atoms with Crippen molar-refractivity contribution in [2.24, 2.45) is 5.92 Å². The molecule has 29 heavy (non-hydrogen) atoms. The summed E-state index contributed by atoms with van der Waals surface area (Å²) in [5, 5.41) is 4.28. The van der Waals surface area contributed by atoms with Crippen LogP contribution < -0.4 is 10.5 Å². The van der Waals surface area contributed by atoms with Gasteiger partial charge in [0.1, 0.15) is 11.6 Å². The van der Waals surface area contributed by atoms with Crippen LogP contribution in [0.2, 0.25) is 0 Å². The number of amides is 1. The van der Waals surface area contributed by atoms with Crippen LogP contribution in [-0.4, -0.2) is 46.6 Å². The highest BCUT2D eigenvalue weighted by molar-refractivity contribution is 6.03. The zero-order valence-corrected chi connectivity index (χ0v) is 16.1. The molecule has 1 aromatic heterocycles. The lowest BCUT2D eigenvalue weighted by molar-refractivity contribution is 0.0780. The quantitative estimate of drug-likeness (QED) is 0.677. The van der Waals surface area contributed by atoms with Crippen molar-refractivity contribution in [1.29, 1.82) is 0 Å². The van der Waals surface area contributed by atoms with E-state index in [0.717, 1.165) is 5.69 Å². The molecule has 1 amide bonds. The third kappa shape index (κ3) is 3.59. The first kappa shape index (κ1) is 18.7. The molecule has 0 aliphatic carbocycles. The monoisotopic (exact) mass is 390 g/mol. The average molecular weight is 390 g/mol. The molecule has 1 aliphatic rings. The molecule has 0 bridgehead atoms. The number of carbonyl (C=O) groups is 2. The molecule has 0 saturated carbocycles. The van der Waals surface area contributed by atoms with E-state index in [4.69, 9.17) is 10.5 Å². The van der Waals surface area contributed by atoms with Gasteiger partial charge < -0.3 is 15.4 Å². The zero-order valence-electron chi connectivity index (χ0n) is 16.1. The van der Waals surface area contributed by atoms with Gasteiger partial charge in [0.25, 0.3) is 5.91 Å². The number of ether oxygens (including phenoxy) is 1. The number of nitrogen functional groups attached to an aromatic ring is 1. The second-order valence-electron chi connectivity index (χ2n) is 7.02. The number of hydrogen-bond donors (Lipinski definition) is 1. The molecule has 2 heterocycles. The van der Waals surface area contributed by atoms with Crippen molar-refractivity contribution in [3.63, 3.8) is 0 Å². The molecule has 1 aliphatic heterocycles. The minimum Gasteiger partial charge on any atom is -0.497 e. The zero-order chi connectivity index (χ0) is 20.4. The molecular weight excluding hydrogens is 368 g/mol. The van der Waals surface area contributed by atoms with Crippen LogP contribution in [0.5, 0.6) is 5.75 Å². The largest absolute Gasteiger partial charge is 0.497 e. The number of aromatic nitrogens is 2. The Morgan fingerprint density at radius 1 is 1.14 bits per heavy atom. The standard InChI is InChI=1S/C22H22N4O3/c1-29-18-9-5-6-15(12-18)22(28)25-11-10-16(14-25)20(27)19-13-24-26(21(19)23)17-7-3-2-4-8-17/h2-9,12-13,16H,10-11,14,23H2,1H3/t16-/m0/s1. The fourth-order valence-corrected chi connectivity index (χ4v) is 3.64. The van der Waals surface area contributed by atoms with Gasteiger partial charge in [-0.3, -0.25) is 9.59 Å². The molecular formula is C22H22N4O3. The van der Waals surface area contributed by atoms with Gasteiger partial charge in [-0.2, -0.15) is 5.10 Å². The van der Waals surface area contributed by atoms with Crippen molar-refractivity contribution in [3.8, 4) is 11.4 Å². The fraction of sp³-hybridized carbons (Fsp3) is 0.227. The molecule has 1 saturated heterocycles. The first-order valence-electron chi connectivity index (χ1n) is 9.45. The van der Waals surface area contributed by atoms with Gasteiger partial charge in [-0.05, 0) is 36.8 Å². The van der Waals surface area contributed by atoms with Crippen LogP contribution in [0.15, 0.2) is 60.8 Å². The molecule has 0 unspecified atom stereocenters. The van der Waals surface area contributed by atoms with Gasteiger partial charge in [0.15, 0.2) is 5.78 Å². The maximum Gasteiger partial charge on any atom is 0.254 e. The predicted octanol–water partition coefficient (Wildman–Crippen LogP) is 2.81. The van der Waals surface area contributed by atoms with E-state index < -0.39 is 0 Å². The highest BCUT2D eigenvalue weighted by Crippen LogP contribution is 2.26. The Labute approximate surface area is 168 Å². The number of rotatable bonds is 5. The Morgan fingerprint density at radius 2 is 1.93 bits per heavy atom. The summed E-state index contributed by atoms with van der Waals surface area (Å²) in [5.41, 5.74) is 7.95. The van der Waals surface area contributed by atoms with Crippen LogP contribution in [-0.2, 0) is 0 Å². The van der Waals surface area contributed by atoms with Crippen LogP contribution >= 0.6 is 0 Å². The summed E-state index contributed by atoms with van der Waals surface area (Å²) in [5.74, 6) is 0.473. The number of benzene rings is 2. The smallest absolute Gasteiger partial charge is 0.254 e. The topological polar surface area (TPSA) is 90.5 Å². The molecule has 7 heteroatoms. The predicted molar refractivity (Wildman–Crippen MR) is 109 cm³/mol. The Balaban J connectivity index is 1.49. The highest BCUT2D eigenvalue weighted by Gasteiger charge is 2.33. The minimum absolute atomic E-state index is 0.0781. The summed E-state index contributed by atoms with van der Waals surface area (Å²) >= 11 is 0. The molecule has 0 spiro atoms. The summed E-state index contributed by atoms with van der Waals surface area (Å²) in [7, 11) is 1.56. The van der Waals surface area contributed by atoms with E-state index in [0.29, 0.717) is 42.2 Å². The Morgan fingerprint density at radius 3 is 2.69 bits per heavy atom. The molecule has 148 valence electrons. The summed E-state index contributed by atoms with van der Waals surface area (Å²) in [6.07, 6.45) is 2.11. The lowest BCUT2D eigenvalue weighted by Crippen LogP contribution is -2.30. The van der Waals surface area contributed by atoms with Gasteiger partial charge >= 0.3 is 0 Å². The van der Waals surface area contributed by atoms with Crippen LogP contribution in [0.3, 0.4) is 0 Å². The van der Waals surface area contributed by atoms with Crippen LogP contribution in [0.1, 0.15) is 27.1 Å². The van der Waals surface area contributed by atoms with Gasteiger partial charge in [0.05, 0.1) is 24.6 Å². The summed E-state index contributed by atoms with van der Waals surface area (Å²) in [4.78, 5) is 27.5. The van der Waals surface area contributed by atoms with Crippen molar-refractivity contribution in [1.82, 2.24) is 14.7 Å². The Hall–Kier alpha value is -3.61. The summed E-state index contributed by atoms with van der Waals surface area (Å²) in [6, 6.07) is 16.5. The molecule has 7 nitrogen and oxygen atoms in total. The third-order valence-electron chi connectivity index (χ3n) is 5.24. The van der Waals surface area contributed by atoms with E-state index in [1.165, 1.54) is 6.20 Å². The first-order valence-corrected chi connectivity index (χ1v) is 9.45. The van der Waals surface area contributed by atoms with Crippen molar-refractivity contribution < 1.29 is 14.3 Å². The molecule has 1 fully saturated rings. The van der Waals surface area contributed by atoms with E-state index in [-0.39, 0.29) is 17.6 Å².